The molecule has 0 bridgehead atoms. The van der Waals surface area contributed by atoms with Gasteiger partial charge in [-0.1, -0.05) is 83.3 Å². The predicted molar refractivity (Wildman–Crippen MR) is 125 cm³/mol. The molecule has 0 aromatic heterocycles. The zero-order chi connectivity index (χ0) is 21.2. The molecule has 0 spiro atoms. The van der Waals surface area contributed by atoms with Crippen LogP contribution in [0.5, 0.6) is 5.75 Å². The summed E-state index contributed by atoms with van der Waals surface area (Å²) in [6, 6.07) is 0. The van der Waals surface area contributed by atoms with Crippen LogP contribution in [0.15, 0.2) is 21.7 Å². The smallest absolute Gasteiger partial charge is 0.272 e. The molecule has 0 unspecified atom stereocenters. The molecule has 1 N–H and O–H groups in total. The molecule has 0 saturated heterocycles. The van der Waals surface area contributed by atoms with Crippen molar-refractivity contribution in [3.8, 4) is 5.75 Å². The van der Waals surface area contributed by atoms with Crippen LogP contribution < -0.4 is 20.9 Å². The molecule has 166 valence electrons. The minimum atomic E-state index is -0.495. The van der Waals surface area contributed by atoms with Gasteiger partial charge in [-0.2, -0.15) is 0 Å². The van der Waals surface area contributed by atoms with Crippen LogP contribution in [0.3, 0.4) is 0 Å². The number of unbranched alkanes of at least 4 members (excludes halogenated alkanes) is 13. The normalized spacial score (nSPS) is 11.5. The van der Waals surface area contributed by atoms with Gasteiger partial charge in [-0.25, -0.2) is 0 Å². The summed E-state index contributed by atoms with van der Waals surface area (Å²) in [4.78, 5) is 22.9. The average Bonchev–Trinajstić information content (AvgIpc) is 2.74. The first-order valence-corrected chi connectivity index (χ1v) is 12.1. The van der Waals surface area contributed by atoms with E-state index in [1.54, 1.807) is 0 Å². The summed E-state index contributed by atoms with van der Waals surface area (Å²) in [5, 5.41) is 3.06. The number of anilines is 1. The van der Waals surface area contributed by atoms with Crippen LogP contribution >= 0.6 is 0 Å². The van der Waals surface area contributed by atoms with E-state index < -0.39 is 10.9 Å². The zero-order valence-electron chi connectivity index (χ0n) is 18.9. The van der Waals surface area contributed by atoms with Crippen molar-refractivity contribution in [2.45, 2.75) is 110 Å². The van der Waals surface area contributed by atoms with Gasteiger partial charge in [-0.3, -0.25) is 9.59 Å². The quantitative estimate of drug-likeness (QED) is 0.152. The maximum atomic E-state index is 11.5. The monoisotopic (exact) mass is 405 g/mol. The highest BCUT2D eigenvalue weighted by molar-refractivity contribution is 5.61. The van der Waals surface area contributed by atoms with Gasteiger partial charge in [0.1, 0.15) is 5.69 Å². The molecule has 29 heavy (non-hydrogen) atoms. The molecule has 0 saturated carbocycles. The Morgan fingerprint density at radius 1 is 0.690 bits per heavy atom. The second-order valence-corrected chi connectivity index (χ2v) is 8.01. The third-order valence-corrected chi connectivity index (χ3v) is 5.40. The lowest BCUT2D eigenvalue weighted by Crippen LogP contribution is -2.36. The number of hydrogen-bond acceptors (Lipinski definition) is 4. The van der Waals surface area contributed by atoms with Crippen LogP contribution in [0.2, 0.25) is 0 Å². The van der Waals surface area contributed by atoms with Crippen LogP contribution in [0.1, 0.15) is 110 Å². The van der Waals surface area contributed by atoms with Gasteiger partial charge in [0.15, 0.2) is 5.75 Å². The number of nitrogens with one attached hydrogen (secondary N) is 1. The highest BCUT2D eigenvalue weighted by Gasteiger charge is 2.21. The standard InChI is InChI=1S/C25H43NO3/c1-3-5-6-7-8-9-10-11-12-13-14-15-16-17-18-19-20-21-26-22-23(27)24(28)25(22)29-4-2/h12-13,26H,3-11,14-21H2,1-2H3/b13-12-. The molecular formula is C25H43NO3. The molecule has 0 amide bonds. The molecule has 1 aromatic carbocycles. The number of rotatable bonds is 20. The summed E-state index contributed by atoms with van der Waals surface area (Å²) < 4.78 is 5.20. The fourth-order valence-corrected chi connectivity index (χ4v) is 3.58. The topological polar surface area (TPSA) is 55.4 Å². The molecule has 4 nitrogen and oxygen atoms in total. The van der Waals surface area contributed by atoms with Crippen LogP contribution in [-0.2, 0) is 0 Å². The lowest BCUT2D eigenvalue weighted by Gasteiger charge is -2.12. The molecule has 0 aliphatic heterocycles. The van der Waals surface area contributed by atoms with Crippen molar-refractivity contribution in [1.29, 1.82) is 0 Å². The molecule has 0 fully saturated rings. The highest BCUT2D eigenvalue weighted by Crippen LogP contribution is 2.17. The molecule has 0 heterocycles. The first-order chi connectivity index (χ1) is 14.2. The third kappa shape index (κ3) is 11.3. The van der Waals surface area contributed by atoms with Gasteiger partial charge in [0.05, 0.1) is 6.61 Å². The highest BCUT2D eigenvalue weighted by atomic mass is 16.5. The average molecular weight is 406 g/mol. The Bertz CT molecular complexity index is 614. The summed E-state index contributed by atoms with van der Waals surface area (Å²) in [5.41, 5.74) is -0.556. The Morgan fingerprint density at radius 3 is 1.76 bits per heavy atom. The fraction of sp³-hybridized carbons (Fsp3) is 0.760. The lowest BCUT2D eigenvalue weighted by molar-refractivity contribution is 0.334. The molecule has 4 heteroatoms. The van der Waals surface area contributed by atoms with Crippen molar-refractivity contribution in [3.05, 3.63) is 32.6 Å². The van der Waals surface area contributed by atoms with E-state index in [4.69, 9.17) is 4.74 Å². The summed E-state index contributed by atoms with van der Waals surface area (Å²) in [6.45, 7) is 5.22. The largest absolute Gasteiger partial charge is 0.488 e. The van der Waals surface area contributed by atoms with E-state index >= 15 is 0 Å². The first kappa shape index (κ1) is 25.5. The minimum Gasteiger partial charge on any atom is -0.488 e. The molecule has 0 aliphatic rings. The van der Waals surface area contributed by atoms with Gasteiger partial charge in [-0.15, -0.1) is 0 Å². The Hall–Kier alpha value is -1.58. The van der Waals surface area contributed by atoms with Gasteiger partial charge >= 0.3 is 0 Å². The maximum absolute atomic E-state index is 11.5. The van der Waals surface area contributed by atoms with Crippen molar-refractivity contribution in [1.82, 2.24) is 0 Å². The summed E-state index contributed by atoms with van der Waals surface area (Å²) in [6.07, 6.45) is 24.1. The van der Waals surface area contributed by atoms with Crippen molar-refractivity contribution in [2.24, 2.45) is 0 Å². The predicted octanol–water partition coefficient (Wildman–Crippen LogP) is 6.52. The van der Waals surface area contributed by atoms with E-state index in [2.05, 4.69) is 24.4 Å². The SMILES string of the molecule is CCCCCCCCC/C=C\CCCCCCCCNc1c(OCC)c(=O)c1=O. The summed E-state index contributed by atoms with van der Waals surface area (Å²) >= 11 is 0. The van der Waals surface area contributed by atoms with Gasteiger partial charge in [-0.05, 0) is 39.0 Å². The molecule has 0 atom stereocenters. The van der Waals surface area contributed by atoms with Gasteiger partial charge in [0.25, 0.3) is 10.9 Å². The van der Waals surface area contributed by atoms with Gasteiger partial charge in [0, 0.05) is 6.54 Å². The fourth-order valence-electron chi connectivity index (χ4n) is 3.58. The Kier molecular flexibility index (Phi) is 15.2. The van der Waals surface area contributed by atoms with Crippen LogP contribution in [0, 0.1) is 0 Å². The van der Waals surface area contributed by atoms with Gasteiger partial charge < -0.3 is 10.1 Å². The Balaban J connectivity index is 1.85. The van der Waals surface area contributed by atoms with Crippen molar-refractivity contribution in [3.63, 3.8) is 0 Å². The number of ether oxygens (including phenoxy) is 1. The second kappa shape index (κ2) is 17.3. The van der Waals surface area contributed by atoms with Crippen molar-refractivity contribution < 1.29 is 4.74 Å². The van der Waals surface area contributed by atoms with E-state index in [0.717, 1.165) is 19.4 Å². The molecule has 1 rings (SSSR count). The number of hydrogen-bond donors (Lipinski definition) is 1. The van der Waals surface area contributed by atoms with E-state index in [1.807, 2.05) is 6.92 Å². The zero-order valence-corrected chi connectivity index (χ0v) is 18.9. The second-order valence-electron chi connectivity index (χ2n) is 8.01. The molecule has 0 radical (unpaired) electrons. The molecular weight excluding hydrogens is 362 g/mol. The van der Waals surface area contributed by atoms with E-state index in [0.29, 0.717) is 12.3 Å². The Morgan fingerprint density at radius 2 is 1.21 bits per heavy atom. The third-order valence-electron chi connectivity index (χ3n) is 5.40. The lowest BCUT2D eigenvalue weighted by atomic mass is 10.1. The summed E-state index contributed by atoms with van der Waals surface area (Å²) in [5.74, 6) is 0.220. The van der Waals surface area contributed by atoms with E-state index in [9.17, 15) is 9.59 Å². The maximum Gasteiger partial charge on any atom is 0.272 e. The van der Waals surface area contributed by atoms with Crippen molar-refractivity contribution in [2.75, 3.05) is 18.5 Å². The van der Waals surface area contributed by atoms with Crippen LogP contribution in [-0.4, -0.2) is 13.2 Å². The van der Waals surface area contributed by atoms with Crippen molar-refractivity contribution >= 4 is 5.69 Å². The number of allylic oxidation sites excluding steroid dienone is 2. The van der Waals surface area contributed by atoms with E-state index in [1.165, 1.54) is 83.5 Å². The van der Waals surface area contributed by atoms with Crippen LogP contribution in [0.4, 0.5) is 5.69 Å². The summed E-state index contributed by atoms with van der Waals surface area (Å²) in [7, 11) is 0. The van der Waals surface area contributed by atoms with Crippen LogP contribution in [0.25, 0.3) is 0 Å². The molecule has 0 aliphatic carbocycles. The minimum absolute atomic E-state index is 0.220. The van der Waals surface area contributed by atoms with Gasteiger partial charge in [0.2, 0.25) is 0 Å². The first-order valence-electron chi connectivity index (χ1n) is 12.1. The van der Waals surface area contributed by atoms with E-state index in [-0.39, 0.29) is 5.75 Å². The Labute approximate surface area is 177 Å². The molecule has 1 aromatic rings.